The maximum absolute atomic E-state index is 13.1. The quantitative estimate of drug-likeness (QED) is 0.233. The molecule has 0 saturated carbocycles. The number of carboxylic acids is 1. The van der Waals surface area contributed by atoms with E-state index in [4.69, 9.17) is 10.8 Å². The molecule has 3 aromatic carbocycles. The lowest BCUT2D eigenvalue weighted by molar-refractivity contribution is -0.137. The molecule has 0 radical (unpaired) electrons. The highest BCUT2D eigenvalue weighted by Gasteiger charge is 2.29. The summed E-state index contributed by atoms with van der Waals surface area (Å²) in [6.45, 7) is 4.16. The summed E-state index contributed by atoms with van der Waals surface area (Å²) in [5.41, 5.74) is 12.5. The minimum absolute atomic E-state index is 0.0701. The van der Waals surface area contributed by atoms with Gasteiger partial charge in [-0.25, -0.2) is 0 Å². The van der Waals surface area contributed by atoms with E-state index in [2.05, 4.69) is 33.5 Å². The Hall–Kier alpha value is -3.42. The Labute approximate surface area is 219 Å². The van der Waals surface area contributed by atoms with Gasteiger partial charge in [-0.2, -0.15) is 0 Å². The number of fused-ring (bicyclic) bond motifs is 1. The summed E-state index contributed by atoms with van der Waals surface area (Å²) in [4.78, 5) is 24.1. The first-order valence-corrected chi connectivity index (χ1v) is 12.8. The lowest BCUT2D eigenvalue weighted by Gasteiger charge is -2.25. The van der Waals surface area contributed by atoms with Crippen molar-refractivity contribution in [1.82, 2.24) is 0 Å². The monoisotopic (exact) mass is 547 g/mol. The Morgan fingerprint density at radius 1 is 1.08 bits per heavy atom. The Morgan fingerprint density at radius 2 is 1.78 bits per heavy atom. The number of halogens is 1. The van der Waals surface area contributed by atoms with E-state index < -0.39 is 11.5 Å². The second-order valence-electron chi connectivity index (χ2n) is 9.35. The third-order valence-electron chi connectivity index (χ3n) is 6.43. The van der Waals surface area contributed by atoms with Crippen molar-refractivity contribution in [3.8, 4) is 0 Å². The molecule has 0 aliphatic carbocycles. The molecule has 4 rings (SSSR count). The zero-order chi connectivity index (χ0) is 25.9. The minimum atomic E-state index is -0.829. The number of aliphatic carboxylic acids is 1. The first-order chi connectivity index (χ1) is 17.2. The smallest absolute Gasteiger partial charge is 0.303 e. The van der Waals surface area contributed by atoms with Crippen molar-refractivity contribution < 1.29 is 14.7 Å². The molecule has 1 heterocycles. The number of carbonyl (C=O) groups is 2. The lowest BCUT2D eigenvalue weighted by Crippen LogP contribution is -2.32. The Morgan fingerprint density at radius 3 is 2.42 bits per heavy atom. The fraction of sp³-hybridized carbons (Fsp3) is 0.241. The van der Waals surface area contributed by atoms with Crippen LogP contribution in [0.1, 0.15) is 55.4 Å². The number of aryl methyl sites for hydroxylation is 1. The number of anilines is 2. The first-order valence-electron chi connectivity index (χ1n) is 12.0. The normalized spacial score (nSPS) is 15.6. The van der Waals surface area contributed by atoms with Gasteiger partial charge in [0.05, 0.1) is 17.0 Å². The zero-order valence-corrected chi connectivity index (χ0v) is 22.0. The van der Waals surface area contributed by atoms with Gasteiger partial charge in [0.2, 0.25) is 0 Å². The van der Waals surface area contributed by atoms with Gasteiger partial charge in [-0.1, -0.05) is 71.7 Å². The molecule has 0 fully saturated rings. The lowest BCUT2D eigenvalue weighted by atomic mass is 9.88. The molecule has 5 N–H and O–H groups in total. The van der Waals surface area contributed by atoms with E-state index in [1.54, 1.807) is 0 Å². The molecule has 1 aliphatic heterocycles. The van der Waals surface area contributed by atoms with Crippen LogP contribution in [-0.4, -0.2) is 17.0 Å². The number of amides is 1. The molecule has 1 atom stereocenters. The van der Waals surface area contributed by atoms with Crippen molar-refractivity contribution in [2.45, 2.75) is 45.1 Å². The summed E-state index contributed by atoms with van der Waals surface area (Å²) in [6.07, 6.45) is 2.40. The molecular weight excluding hydrogens is 518 g/mol. The molecule has 0 bridgehead atoms. The van der Waals surface area contributed by atoms with E-state index in [-0.39, 0.29) is 12.3 Å². The molecule has 1 amide bonds. The van der Waals surface area contributed by atoms with Gasteiger partial charge in [0.1, 0.15) is 0 Å². The summed E-state index contributed by atoms with van der Waals surface area (Å²) in [6, 6.07) is 21.4. The highest BCUT2D eigenvalue weighted by molar-refractivity contribution is 9.10. The summed E-state index contributed by atoms with van der Waals surface area (Å²) >= 11 is 3.47. The summed E-state index contributed by atoms with van der Waals surface area (Å²) in [7, 11) is 0. The molecule has 0 aromatic heterocycles. The van der Waals surface area contributed by atoms with Crippen molar-refractivity contribution >= 4 is 50.5 Å². The average Bonchev–Trinajstić information content (AvgIpc) is 3.16. The van der Waals surface area contributed by atoms with Crippen LogP contribution >= 0.6 is 15.9 Å². The van der Waals surface area contributed by atoms with Gasteiger partial charge in [-0.05, 0) is 60.7 Å². The summed E-state index contributed by atoms with van der Waals surface area (Å²) in [5, 5.41) is 15.4. The third-order valence-corrected chi connectivity index (χ3v) is 6.92. The molecule has 3 aromatic rings. The number of rotatable bonds is 9. The largest absolute Gasteiger partial charge is 0.481 e. The zero-order valence-electron chi connectivity index (χ0n) is 20.4. The maximum atomic E-state index is 13.1. The van der Waals surface area contributed by atoms with Crippen LogP contribution in [0.3, 0.4) is 0 Å². The van der Waals surface area contributed by atoms with Crippen LogP contribution in [-0.2, 0) is 21.5 Å². The maximum Gasteiger partial charge on any atom is 0.303 e. The van der Waals surface area contributed by atoms with Gasteiger partial charge in [-0.15, -0.1) is 0 Å². The topological polar surface area (TPSA) is 104 Å². The molecule has 0 spiro atoms. The molecule has 1 aliphatic rings. The molecular formula is C29H30BrN3O3. The average molecular weight is 548 g/mol. The number of hydrogen-bond donors (Lipinski definition) is 4. The van der Waals surface area contributed by atoms with Crippen LogP contribution < -0.4 is 16.4 Å². The van der Waals surface area contributed by atoms with Gasteiger partial charge in [0.25, 0.3) is 5.91 Å². The van der Waals surface area contributed by atoms with Gasteiger partial charge in [-0.3, -0.25) is 9.59 Å². The second-order valence-corrected chi connectivity index (χ2v) is 10.3. The third kappa shape index (κ3) is 5.69. The summed E-state index contributed by atoms with van der Waals surface area (Å²) in [5.74, 6) is -1.01. The Balaban J connectivity index is 1.74. The van der Waals surface area contributed by atoms with Crippen LogP contribution in [0.25, 0.3) is 11.3 Å². The van der Waals surface area contributed by atoms with Crippen molar-refractivity contribution in [1.29, 1.82) is 0 Å². The minimum Gasteiger partial charge on any atom is -0.481 e. The van der Waals surface area contributed by atoms with Gasteiger partial charge < -0.3 is 21.5 Å². The predicted octanol–water partition coefficient (Wildman–Crippen LogP) is 6.37. The van der Waals surface area contributed by atoms with Crippen molar-refractivity contribution in [2.75, 3.05) is 10.6 Å². The highest BCUT2D eigenvalue weighted by Crippen LogP contribution is 2.39. The van der Waals surface area contributed by atoms with Gasteiger partial charge in [0.15, 0.2) is 0 Å². The Kier molecular flexibility index (Phi) is 7.62. The molecule has 36 heavy (non-hydrogen) atoms. The van der Waals surface area contributed by atoms with Crippen molar-refractivity contribution in [3.63, 3.8) is 0 Å². The highest BCUT2D eigenvalue weighted by atomic mass is 79.9. The molecule has 6 nitrogen and oxygen atoms in total. The number of nitrogens with two attached hydrogens (primary N) is 1. The number of nitrogens with one attached hydrogen (secondary N) is 2. The predicted molar refractivity (Wildman–Crippen MR) is 148 cm³/mol. The van der Waals surface area contributed by atoms with Crippen LogP contribution in [0.4, 0.5) is 11.4 Å². The SMILES string of the molecule is CCCC(C)(N)c1ccc(N/C(=C2\C(=O)Nc3cc(Br)ccc32)c2ccc(CCC(=O)O)cc2)cc1. The molecule has 0 saturated heterocycles. The van der Waals surface area contributed by atoms with E-state index >= 15 is 0 Å². The summed E-state index contributed by atoms with van der Waals surface area (Å²) < 4.78 is 0.882. The number of hydrogen-bond acceptors (Lipinski definition) is 4. The molecule has 186 valence electrons. The van der Waals surface area contributed by atoms with Crippen molar-refractivity contribution in [3.05, 3.63) is 93.5 Å². The number of benzene rings is 3. The molecule has 1 unspecified atom stereocenters. The fourth-order valence-corrected chi connectivity index (χ4v) is 4.86. The first kappa shape index (κ1) is 25.7. The second kappa shape index (κ2) is 10.7. The Bertz CT molecular complexity index is 1310. The standard InChI is InChI=1S/C29H30BrN3O3/c1-3-16-29(2,31)20-9-12-22(13-10-20)32-27(19-7-4-18(5-8-19)6-15-25(34)35)26-23-14-11-21(30)17-24(23)33-28(26)36/h4-5,7-14,17,32H,3,6,15-16,31H2,1-2H3,(H,33,36)(H,34,35)/b27-26-. The number of carboxylic acid groups (broad SMARTS) is 1. The van der Waals surface area contributed by atoms with E-state index in [1.807, 2.05) is 73.7 Å². The van der Waals surface area contributed by atoms with Gasteiger partial charge in [0, 0.05) is 27.7 Å². The molecule has 7 heteroatoms. The van der Waals surface area contributed by atoms with E-state index in [1.165, 1.54) is 0 Å². The van der Waals surface area contributed by atoms with Crippen LogP contribution in [0.2, 0.25) is 0 Å². The van der Waals surface area contributed by atoms with Crippen molar-refractivity contribution in [2.24, 2.45) is 5.73 Å². The van der Waals surface area contributed by atoms with E-state index in [0.29, 0.717) is 17.7 Å². The van der Waals surface area contributed by atoms with Crippen LogP contribution in [0.5, 0.6) is 0 Å². The number of carbonyl (C=O) groups excluding carboxylic acids is 1. The van der Waals surface area contributed by atoms with Crippen LogP contribution in [0, 0.1) is 0 Å². The van der Waals surface area contributed by atoms with Crippen LogP contribution in [0.15, 0.2) is 71.2 Å². The fourth-order valence-electron chi connectivity index (χ4n) is 4.50. The van der Waals surface area contributed by atoms with E-state index in [0.717, 1.165) is 50.9 Å². The van der Waals surface area contributed by atoms with E-state index in [9.17, 15) is 9.59 Å². The van der Waals surface area contributed by atoms with Gasteiger partial charge >= 0.3 is 5.97 Å².